The van der Waals surface area contributed by atoms with Crippen LogP contribution in [0, 0.1) is 5.92 Å². The van der Waals surface area contributed by atoms with E-state index in [0.717, 1.165) is 24.8 Å². The summed E-state index contributed by atoms with van der Waals surface area (Å²) in [6.07, 6.45) is 16.0. The van der Waals surface area contributed by atoms with Gasteiger partial charge in [-0.2, -0.15) is 0 Å². The normalized spacial score (nSPS) is 19.4. The van der Waals surface area contributed by atoms with Crippen LogP contribution in [0.1, 0.15) is 31.2 Å². The van der Waals surface area contributed by atoms with Gasteiger partial charge in [0.05, 0.1) is 0 Å². The summed E-state index contributed by atoms with van der Waals surface area (Å²) >= 11 is 0. The lowest BCUT2D eigenvalue weighted by Gasteiger charge is -2.22. The van der Waals surface area contributed by atoms with Crippen molar-refractivity contribution in [2.24, 2.45) is 13.0 Å². The van der Waals surface area contributed by atoms with Crippen LogP contribution >= 0.6 is 0 Å². The van der Waals surface area contributed by atoms with Gasteiger partial charge >= 0.3 is 0 Å². The van der Waals surface area contributed by atoms with Crippen molar-refractivity contribution in [3.63, 3.8) is 0 Å². The molecule has 0 bridgehead atoms. The van der Waals surface area contributed by atoms with Gasteiger partial charge in [0.1, 0.15) is 5.78 Å². The van der Waals surface area contributed by atoms with Crippen LogP contribution in [0.2, 0.25) is 0 Å². The van der Waals surface area contributed by atoms with Crippen LogP contribution < -0.4 is 0 Å². The van der Waals surface area contributed by atoms with E-state index in [0.29, 0.717) is 12.0 Å². The molecule has 4 heteroatoms. The second-order valence-corrected chi connectivity index (χ2v) is 6.50. The van der Waals surface area contributed by atoms with Crippen molar-refractivity contribution >= 4 is 17.6 Å². The van der Waals surface area contributed by atoms with E-state index in [1.54, 1.807) is 12.2 Å². The Balaban J connectivity index is 2.26. The molecule has 1 fully saturated rings. The molecule has 1 aliphatic rings. The number of ketones is 2. The lowest BCUT2D eigenvalue weighted by molar-refractivity contribution is -0.125. The molecule has 4 nitrogen and oxygen atoms in total. The molecule has 1 heterocycles. The number of carbonyl (C=O) groups is 2. The molecule has 1 atom stereocenters. The summed E-state index contributed by atoms with van der Waals surface area (Å²) in [7, 11) is 5.79. The van der Waals surface area contributed by atoms with E-state index >= 15 is 0 Å². The fourth-order valence-electron chi connectivity index (χ4n) is 2.91. The van der Waals surface area contributed by atoms with E-state index in [-0.39, 0.29) is 17.5 Å². The fourth-order valence-corrected chi connectivity index (χ4v) is 2.91. The van der Waals surface area contributed by atoms with Gasteiger partial charge in [-0.05, 0) is 48.9 Å². The van der Waals surface area contributed by atoms with Gasteiger partial charge in [0.25, 0.3) is 0 Å². The molecule has 1 aromatic rings. The highest BCUT2D eigenvalue weighted by Gasteiger charge is 2.28. The molecule has 1 aromatic heterocycles. The minimum atomic E-state index is -0.270. The van der Waals surface area contributed by atoms with Gasteiger partial charge in [-0.15, -0.1) is 0 Å². The Labute approximate surface area is 144 Å². The van der Waals surface area contributed by atoms with E-state index in [1.165, 1.54) is 0 Å². The van der Waals surface area contributed by atoms with Crippen molar-refractivity contribution in [2.75, 3.05) is 14.1 Å². The lowest BCUT2D eigenvalue weighted by Crippen LogP contribution is -2.24. The second kappa shape index (κ2) is 8.48. The Morgan fingerprint density at radius 1 is 1.29 bits per heavy atom. The monoisotopic (exact) mass is 326 g/mol. The van der Waals surface area contributed by atoms with Crippen molar-refractivity contribution in [1.29, 1.82) is 0 Å². The Kier molecular flexibility index (Phi) is 6.36. The minimum absolute atomic E-state index is 0.0810. The van der Waals surface area contributed by atoms with Crippen molar-refractivity contribution in [3.05, 3.63) is 54.0 Å². The highest BCUT2D eigenvalue weighted by Crippen LogP contribution is 2.29. The van der Waals surface area contributed by atoms with E-state index < -0.39 is 0 Å². The number of hydrogen-bond donors (Lipinski definition) is 0. The summed E-state index contributed by atoms with van der Waals surface area (Å²) in [5, 5.41) is 0. The zero-order valence-corrected chi connectivity index (χ0v) is 14.7. The predicted molar refractivity (Wildman–Crippen MR) is 97.3 cm³/mol. The van der Waals surface area contributed by atoms with Gasteiger partial charge in [-0.3, -0.25) is 9.59 Å². The van der Waals surface area contributed by atoms with Gasteiger partial charge in [-0.25, -0.2) is 0 Å². The van der Waals surface area contributed by atoms with Crippen molar-refractivity contribution in [1.82, 2.24) is 9.47 Å². The number of Topliss-reactive ketones (excluding diaryl/α,β-unsaturated/α-hetero) is 1. The molecule has 0 N–H and O–H groups in total. The number of carbonyl (C=O) groups excluding carboxylic acids is 2. The summed E-state index contributed by atoms with van der Waals surface area (Å²) in [6, 6.07) is 1.95. The van der Waals surface area contributed by atoms with Crippen LogP contribution in [0.25, 0.3) is 6.08 Å². The van der Waals surface area contributed by atoms with E-state index in [1.807, 2.05) is 67.4 Å². The Morgan fingerprint density at radius 3 is 2.71 bits per heavy atom. The van der Waals surface area contributed by atoms with Crippen LogP contribution in [-0.4, -0.2) is 35.1 Å². The van der Waals surface area contributed by atoms with Gasteiger partial charge in [0, 0.05) is 51.4 Å². The number of aromatic nitrogens is 1. The van der Waals surface area contributed by atoms with Crippen molar-refractivity contribution in [2.45, 2.75) is 25.7 Å². The summed E-state index contributed by atoms with van der Waals surface area (Å²) in [6.45, 7) is 0. The maximum Gasteiger partial charge on any atom is 0.182 e. The van der Waals surface area contributed by atoms with Crippen molar-refractivity contribution in [3.8, 4) is 0 Å². The highest BCUT2D eigenvalue weighted by molar-refractivity contribution is 6.11. The number of allylic oxidation sites excluding steroid dienone is 4. The van der Waals surface area contributed by atoms with Gasteiger partial charge in [0.2, 0.25) is 0 Å². The van der Waals surface area contributed by atoms with Crippen LogP contribution in [-0.2, 0) is 16.6 Å². The molecular formula is C20H26N2O2. The van der Waals surface area contributed by atoms with Crippen LogP contribution in [0.15, 0.2) is 48.5 Å². The van der Waals surface area contributed by atoms with E-state index in [9.17, 15) is 9.59 Å². The number of rotatable bonds is 6. The van der Waals surface area contributed by atoms with E-state index in [4.69, 9.17) is 0 Å². The number of aryl methyl sites for hydroxylation is 1. The summed E-state index contributed by atoms with van der Waals surface area (Å²) < 4.78 is 1.94. The first-order valence-electron chi connectivity index (χ1n) is 8.39. The summed E-state index contributed by atoms with van der Waals surface area (Å²) in [5.74, 6) is -0.162. The first-order chi connectivity index (χ1) is 11.5. The molecule has 24 heavy (non-hydrogen) atoms. The third-order valence-corrected chi connectivity index (χ3v) is 4.13. The standard InChI is InChI=1S/C20H26N2O2/c1-21(2)12-7-6-10-20(24)18(14-16-11-13-22(3)15-16)17-8-4-5-9-19(17)23/h6-7,10-15,17H,4-5,8-9H2,1-3H3/b10-6+,12-7+,18-14+. The number of nitrogens with zero attached hydrogens (tertiary/aromatic N) is 2. The summed E-state index contributed by atoms with van der Waals surface area (Å²) in [5.41, 5.74) is 1.57. The van der Waals surface area contributed by atoms with Gasteiger partial charge < -0.3 is 9.47 Å². The minimum Gasteiger partial charge on any atom is -0.383 e. The molecule has 0 radical (unpaired) electrons. The Hall–Kier alpha value is -2.36. The smallest absolute Gasteiger partial charge is 0.182 e. The SMILES string of the molecule is CN(C)/C=C/C=C/C(=O)/C(=C/c1ccn(C)c1)C1CCCCC1=O. The van der Waals surface area contributed by atoms with Crippen LogP contribution in [0.4, 0.5) is 0 Å². The maximum atomic E-state index is 12.7. The maximum absolute atomic E-state index is 12.7. The third-order valence-electron chi connectivity index (χ3n) is 4.13. The quantitative estimate of drug-likeness (QED) is 0.594. The van der Waals surface area contributed by atoms with Crippen molar-refractivity contribution < 1.29 is 9.59 Å². The molecule has 1 saturated carbocycles. The number of hydrogen-bond acceptors (Lipinski definition) is 3. The first-order valence-corrected chi connectivity index (χ1v) is 8.39. The molecule has 0 saturated heterocycles. The topological polar surface area (TPSA) is 42.3 Å². The van der Waals surface area contributed by atoms with Crippen LogP contribution in [0.3, 0.4) is 0 Å². The lowest BCUT2D eigenvalue weighted by atomic mass is 9.80. The van der Waals surface area contributed by atoms with Crippen LogP contribution in [0.5, 0.6) is 0 Å². The predicted octanol–water partition coefficient (Wildman–Crippen LogP) is 3.37. The molecule has 1 aliphatic carbocycles. The highest BCUT2D eigenvalue weighted by atomic mass is 16.1. The largest absolute Gasteiger partial charge is 0.383 e. The molecule has 0 amide bonds. The van der Waals surface area contributed by atoms with Gasteiger partial charge in [-0.1, -0.05) is 12.5 Å². The summed E-state index contributed by atoms with van der Waals surface area (Å²) in [4.78, 5) is 26.9. The molecule has 128 valence electrons. The molecule has 2 rings (SSSR count). The Morgan fingerprint density at radius 2 is 2.08 bits per heavy atom. The average Bonchev–Trinajstić information content (AvgIpc) is 2.95. The zero-order valence-electron chi connectivity index (χ0n) is 14.7. The van der Waals surface area contributed by atoms with E-state index in [2.05, 4.69) is 0 Å². The van der Waals surface area contributed by atoms with Gasteiger partial charge in [0.15, 0.2) is 5.78 Å². The average molecular weight is 326 g/mol. The molecule has 0 aromatic carbocycles. The molecular weight excluding hydrogens is 300 g/mol. The molecule has 0 aliphatic heterocycles. The Bertz CT molecular complexity index is 678. The second-order valence-electron chi connectivity index (χ2n) is 6.50. The zero-order chi connectivity index (χ0) is 17.5. The first kappa shape index (κ1) is 18.0. The third kappa shape index (κ3) is 5.08. The molecule has 0 spiro atoms. The fraction of sp³-hybridized carbons (Fsp3) is 0.400. The molecule has 1 unspecified atom stereocenters.